The van der Waals surface area contributed by atoms with Gasteiger partial charge < -0.3 is 5.73 Å². The first-order valence-electron chi connectivity index (χ1n) is 2.53. The van der Waals surface area contributed by atoms with E-state index in [0.717, 1.165) is 0 Å². The number of halogens is 1. The van der Waals surface area contributed by atoms with Gasteiger partial charge in [0.05, 0.1) is 5.70 Å². The molecule has 0 saturated carbocycles. The number of allylic oxidation sites excluding steroid dienone is 4. The van der Waals surface area contributed by atoms with Gasteiger partial charge in [-0.15, -0.1) is 0 Å². The minimum atomic E-state index is -1.62. The number of carbonyl (C=O) groups is 1. The van der Waals surface area contributed by atoms with Gasteiger partial charge in [0.15, 0.2) is 5.78 Å². The minimum Gasteiger partial charge on any atom is -0.399 e. The van der Waals surface area contributed by atoms with Crippen LogP contribution < -0.4 is 5.73 Å². The molecule has 0 amide bonds. The fraction of sp³-hybridized carbons (Fsp3) is 0.167. The number of alkyl halides is 1. The van der Waals surface area contributed by atoms with E-state index in [0.29, 0.717) is 0 Å². The van der Waals surface area contributed by atoms with Crippen LogP contribution >= 0.6 is 0 Å². The Hall–Kier alpha value is -1.12. The number of hydrogen-bond acceptors (Lipinski definition) is 2. The van der Waals surface area contributed by atoms with Gasteiger partial charge in [0.2, 0.25) is 6.17 Å². The summed E-state index contributed by atoms with van der Waals surface area (Å²) in [6, 6.07) is 0. The molecule has 48 valence electrons. The topological polar surface area (TPSA) is 43.1 Å². The van der Waals surface area contributed by atoms with E-state index in [2.05, 4.69) is 0 Å². The molecule has 1 unspecified atom stereocenters. The van der Waals surface area contributed by atoms with E-state index in [4.69, 9.17) is 5.73 Å². The first-order chi connectivity index (χ1) is 4.22. The van der Waals surface area contributed by atoms with Gasteiger partial charge in [0, 0.05) is 0 Å². The Kier molecular flexibility index (Phi) is 1.34. The molecule has 3 heteroatoms. The van der Waals surface area contributed by atoms with Crippen LogP contribution in [0.25, 0.3) is 0 Å². The fourth-order valence-electron chi connectivity index (χ4n) is 0.587. The Bertz CT molecular complexity index is 195. The maximum Gasteiger partial charge on any atom is 0.201 e. The first kappa shape index (κ1) is 6.01. The Balaban J connectivity index is 2.86. The van der Waals surface area contributed by atoms with Crippen LogP contribution in [0.2, 0.25) is 0 Å². The van der Waals surface area contributed by atoms with Gasteiger partial charge in [0.1, 0.15) is 0 Å². The van der Waals surface area contributed by atoms with Gasteiger partial charge in [-0.25, -0.2) is 4.39 Å². The second-order valence-corrected chi connectivity index (χ2v) is 1.79. The van der Waals surface area contributed by atoms with Crippen molar-refractivity contribution in [1.82, 2.24) is 0 Å². The van der Waals surface area contributed by atoms with Gasteiger partial charge >= 0.3 is 0 Å². The maximum atomic E-state index is 12.4. The van der Waals surface area contributed by atoms with Crippen molar-refractivity contribution >= 4 is 5.78 Å². The number of carbonyl (C=O) groups excluding carboxylic acids is 1. The molecule has 0 aromatic heterocycles. The second-order valence-electron chi connectivity index (χ2n) is 1.79. The summed E-state index contributed by atoms with van der Waals surface area (Å²) in [7, 11) is 0. The predicted octanol–water partition coefficient (Wildman–Crippen LogP) is 0.306. The van der Waals surface area contributed by atoms with Crippen molar-refractivity contribution in [2.24, 2.45) is 5.73 Å². The molecular formula is C6H6FNO. The van der Waals surface area contributed by atoms with Gasteiger partial charge in [0.25, 0.3) is 0 Å². The highest BCUT2D eigenvalue weighted by atomic mass is 19.1. The zero-order valence-corrected chi connectivity index (χ0v) is 4.67. The molecule has 1 atom stereocenters. The SMILES string of the molecule is NC1=CC=CC(=O)C1F. The summed E-state index contributed by atoms with van der Waals surface area (Å²) in [5, 5.41) is 0. The summed E-state index contributed by atoms with van der Waals surface area (Å²) in [4.78, 5) is 10.4. The maximum absolute atomic E-state index is 12.4. The van der Waals surface area contributed by atoms with Gasteiger partial charge in [-0.1, -0.05) is 6.08 Å². The summed E-state index contributed by atoms with van der Waals surface area (Å²) in [6.07, 6.45) is 2.37. The highest BCUT2D eigenvalue weighted by molar-refractivity contribution is 5.97. The van der Waals surface area contributed by atoms with Gasteiger partial charge in [-0.05, 0) is 12.2 Å². The summed E-state index contributed by atoms with van der Waals surface area (Å²) in [5.41, 5.74) is 5.07. The normalized spacial score (nSPS) is 26.1. The highest BCUT2D eigenvalue weighted by Gasteiger charge is 2.18. The van der Waals surface area contributed by atoms with Crippen molar-refractivity contribution in [3.63, 3.8) is 0 Å². The lowest BCUT2D eigenvalue weighted by molar-refractivity contribution is -0.118. The van der Waals surface area contributed by atoms with E-state index in [1.807, 2.05) is 0 Å². The lowest BCUT2D eigenvalue weighted by Gasteiger charge is -2.06. The van der Waals surface area contributed by atoms with Crippen molar-refractivity contribution in [2.75, 3.05) is 0 Å². The van der Waals surface area contributed by atoms with Crippen LogP contribution in [0.5, 0.6) is 0 Å². The zero-order valence-electron chi connectivity index (χ0n) is 4.67. The quantitative estimate of drug-likeness (QED) is 0.508. The molecule has 0 bridgehead atoms. The van der Waals surface area contributed by atoms with E-state index in [1.165, 1.54) is 18.2 Å². The summed E-state index contributed by atoms with van der Waals surface area (Å²) >= 11 is 0. The van der Waals surface area contributed by atoms with Crippen LogP contribution in [0.1, 0.15) is 0 Å². The number of hydrogen-bond donors (Lipinski definition) is 1. The van der Waals surface area contributed by atoms with E-state index in [-0.39, 0.29) is 5.70 Å². The molecule has 2 nitrogen and oxygen atoms in total. The summed E-state index contributed by atoms with van der Waals surface area (Å²) in [5.74, 6) is -0.574. The third-order valence-corrected chi connectivity index (χ3v) is 1.09. The molecule has 9 heavy (non-hydrogen) atoms. The molecule has 0 heterocycles. The first-order valence-corrected chi connectivity index (χ1v) is 2.53. The Labute approximate surface area is 51.8 Å². The molecule has 1 rings (SSSR count). The lowest BCUT2D eigenvalue weighted by Crippen LogP contribution is -2.23. The van der Waals surface area contributed by atoms with E-state index < -0.39 is 12.0 Å². The largest absolute Gasteiger partial charge is 0.399 e. The van der Waals surface area contributed by atoms with Gasteiger partial charge in [-0.3, -0.25) is 4.79 Å². The van der Waals surface area contributed by atoms with Crippen LogP contribution in [-0.2, 0) is 4.79 Å². The monoisotopic (exact) mass is 127 g/mol. The van der Waals surface area contributed by atoms with E-state index in [9.17, 15) is 9.18 Å². The smallest absolute Gasteiger partial charge is 0.201 e. The third kappa shape index (κ3) is 0.988. The standard InChI is InChI=1S/C6H6FNO/c7-6-4(8)2-1-3-5(6)9/h1-3,6H,8H2. The van der Waals surface area contributed by atoms with Crippen LogP contribution in [0, 0.1) is 0 Å². The Morgan fingerprint density at radius 2 is 2.33 bits per heavy atom. The third-order valence-electron chi connectivity index (χ3n) is 1.09. The second kappa shape index (κ2) is 2.01. The van der Waals surface area contributed by atoms with Crippen molar-refractivity contribution in [3.8, 4) is 0 Å². The molecule has 0 fully saturated rings. The van der Waals surface area contributed by atoms with Crippen molar-refractivity contribution in [2.45, 2.75) is 6.17 Å². The van der Waals surface area contributed by atoms with Crippen molar-refractivity contribution < 1.29 is 9.18 Å². The van der Waals surface area contributed by atoms with Crippen molar-refractivity contribution in [3.05, 3.63) is 23.9 Å². The average molecular weight is 127 g/mol. The van der Waals surface area contributed by atoms with Crippen LogP contribution in [0.3, 0.4) is 0 Å². The van der Waals surface area contributed by atoms with Crippen LogP contribution in [0.15, 0.2) is 23.9 Å². The van der Waals surface area contributed by atoms with E-state index >= 15 is 0 Å². The zero-order chi connectivity index (χ0) is 6.85. The molecule has 2 N–H and O–H groups in total. The molecule has 0 aliphatic heterocycles. The van der Waals surface area contributed by atoms with Crippen molar-refractivity contribution in [1.29, 1.82) is 0 Å². The molecule has 1 aliphatic carbocycles. The molecule has 0 radical (unpaired) electrons. The Morgan fingerprint density at radius 1 is 1.67 bits per heavy atom. The van der Waals surface area contributed by atoms with Crippen LogP contribution in [-0.4, -0.2) is 12.0 Å². The summed E-state index contributed by atoms with van der Waals surface area (Å²) < 4.78 is 12.4. The van der Waals surface area contributed by atoms with E-state index in [1.54, 1.807) is 0 Å². The summed E-state index contributed by atoms with van der Waals surface area (Å²) in [6.45, 7) is 0. The number of rotatable bonds is 0. The number of nitrogens with two attached hydrogens (primary N) is 1. The highest BCUT2D eigenvalue weighted by Crippen LogP contribution is 2.07. The molecule has 0 aromatic rings. The van der Waals surface area contributed by atoms with Gasteiger partial charge in [-0.2, -0.15) is 0 Å². The molecular weight excluding hydrogens is 121 g/mol. The predicted molar refractivity (Wildman–Crippen MR) is 31.3 cm³/mol. The Morgan fingerprint density at radius 3 is 2.78 bits per heavy atom. The molecule has 0 saturated heterocycles. The number of ketones is 1. The lowest BCUT2D eigenvalue weighted by atomic mass is 10.1. The molecule has 0 spiro atoms. The molecule has 0 aromatic carbocycles. The molecule has 1 aliphatic rings. The minimum absolute atomic E-state index is 0.0116. The van der Waals surface area contributed by atoms with Crippen LogP contribution in [0.4, 0.5) is 4.39 Å². The fourth-order valence-corrected chi connectivity index (χ4v) is 0.587. The average Bonchev–Trinajstić information content (AvgIpc) is 1.83.